The van der Waals surface area contributed by atoms with Gasteiger partial charge in [-0.05, 0) is 43.3 Å². The van der Waals surface area contributed by atoms with Gasteiger partial charge >= 0.3 is 0 Å². The van der Waals surface area contributed by atoms with Crippen LogP contribution in [-0.2, 0) is 0 Å². The molecule has 0 spiro atoms. The summed E-state index contributed by atoms with van der Waals surface area (Å²) < 4.78 is 16.5. The molecule has 0 unspecified atom stereocenters. The van der Waals surface area contributed by atoms with Gasteiger partial charge in [0, 0.05) is 18.6 Å². The average molecular weight is 317 g/mol. The Morgan fingerprint density at radius 2 is 1.26 bits per heavy atom. The van der Waals surface area contributed by atoms with Gasteiger partial charge in [-0.1, -0.05) is 0 Å². The lowest BCUT2D eigenvalue weighted by Crippen LogP contribution is -2.05. The first-order valence-corrected chi connectivity index (χ1v) is 7.42. The molecule has 0 saturated heterocycles. The Labute approximate surface area is 134 Å². The standard InChI is InChI=1S/C17H19NO5/c1-2-21-15-8-10-17(11-9-15)23-13-3-12-22-16-6-4-14(5-7-16)18(19)20/h4-11H,2-3,12-13H2,1H3. The second-order valence-electron chi connectivity index (χ2n) is 4.71. The maximum atomic E-state index is 10.5. The average Bonchev–Trinajstić information content (AvgIpc) is 2.57. The summed E-state index contributed by atoms with van der Waals surface area (Å²) in [6.07, 6.45) is 0.712. The van der Waals surface area contributed by atoms with E-state index in [2.05, 4.69) is 0 Å². The first-order chi connectivity index (χ1) is 11.2. The minimum Gasteiger partial charge on any atom is -0.494 e. The van der Waals surface area contributed by atoms with E-state index < -0.39 is 4.92 Å². The number of rotatable bonds is 9. The first-order valence-electron chi connectivity index (χ1n) is 7.42. The highest BCUT2D eigenvalue weighted by molar-refractivity contribution is 5.36. The van der Waals surface area contributed by atoms with Crippen LogP contribution in [0.5, 0.6) is 17.2 Å². The van der Waals surface area contributed by atoms with Crippen molar-refractivity contribution in [2.24, 2.45) is 0 Å². The third-order valence-electron chi connectivity index (χ3n) is 3.01. The Balaban J connectivity index is 1.66. The largest absolute Gasteiger partial charge is 0.494 e. The summed E-state index contributed by atoms with van der Waals surface area (Å²) in [4.78, 5) is 10.1. The smallest absolute Gasteiger partial charge is 0.269 e. The van der Waals surface area contributed by atoms with E-state index in [1.54, 1.807) is 12.1 Å². The zero-order chi connectivity index (χ0) is 16.5. The van der Waals surface area contributed by atoms with Crippen LogP contribution in [0.4, 0.5) is 5.69 Å². The summed E-state index contributed by atoms with van der Waals surface area (Å²) in [6, 6.07) is 13.5. The summed E-state index contributed by atoms with van der Waals surface area (Å²) in [7, 11) is 0. The molecule has 6 nitrogen and oxygen atoms in total. The van der Waals surface area contributed by atoms with Crippen LogP contribution in [0.25, 0.3) is 0 Å². The number of nitro groups is 1. The molecule has 2 aromatic rings. The first kappa shape index (κ1) is 16.6. The molecule has 0 aromatic heterocycles. The summed E-state index contributed by atoms with van der Waals surface area (Å²) >= 11 is 0. The summed E-state index contributed by atoms with van der Waals surface area (Å²) in [5.41, 5.74) is 0.0520. The maximum absolute atomic E-state index is 10.5. The van der Waals surface area contributed by atoms with Gasteiger partial charge in [0.1, 0.15) is 17.2 Å². The molecule has 2 aromatic carbocycles. The van der Waals surface area contributed by atoms with Crippen LogP contribution in [0, 0.1) is 10.1 Å². The number of benzene rings is 2. The third-order valence-corrected chi connectivity index (χ3v) is 3.01. The molecule has 6 heteroatoms. The molecule has 0 radical (unpaired) electrons. The van der Waals surface area contributed by atoms with Gasteiger partial charge in [0.15, 0.2) is 0 Å². The summed E-state index contributed by atoms with van der Waals surface area (Å²) in [5.74, 6) is 2.21. The van der Waals surface area contributed by atoms with Gasteiger partial charge < -0.3 is 14.2 Å². The van der Waals surface area contributed by atoms with Crippen LogP contribution in [0.1, 0.15) is 13.3 Å². The van der Waals surface area contributed by atoms with E-state index >= 15 is 0 Å². The molecule has 0 fully saturated rings. The fourth-order valence-corrected chi connectivity index (χ4v) is 1.90. The molecule has 0 aliphatic heterocycles. The van der Waals surface area contributed by atoms with Crippen LogP contribution < -0.4 is 14.2 Å². The Morgan fingerprint density at radius 1 is 0.826 bits per heavy atom. The zero-order valence-corrected chi connectivity index (χ0v) is 12.9. The number of non-ortho nitro benzene ring substituents is 1. The maximum Gasteiger partial charge on any atom is 0.269 e. The molecular weight excluding hydrogens is 298 g/mol. The minimum absolute atomic E-state index is 0.0520. The normalized spacial score (nSPS) is 10.1. The molecule has 0 amide bonds. The van der Waals surface area contributed by atoms with Crippen molar-refractivity contribution >= 4 is 5.69 Å². The van der Waals surface area contributed by atoms with Gasteiger partial charge in [-0.2, -0.15) is 0 Å². The van der Waals surface area contributed by atoms with Crippen LogP contribution in [0.15, 0.2) is 48.5 Å². The highest BCUT2D eigenvalue weighted by Gasteiger charge is 2.04. The van der Waals surface area contributed by atoms with Crippen molar-refractivity contribution in [1.82, 2.24) is 0 Å². The highest BCUT2D eigenvalue weighted by Crippen LogP contribution is 2.19. The van der Waals surface area contributed by atoms with Crippen molar-refractivity contribution in [3.8, 4) is 17.2 Å². The Morgan fingerprint density at radius 3 is 1.70 bits per heavy atom. The minimum atomic E-state index is -0.436. The Bertz CT molecular complexity index is 610. The van der Waals surface area contributed by atoms with Crippen molar-refractivity contribution < 1.29 is 19.1 Å². The van der Waals surface area contributed by atoms with E-state index in [4.69, 9.17) is 14.2 Å². The van der Waals surface area contributed by atoms with Crippen molar-refractivity contribution in [1.29, 1.82) is 0 Å². The van der Waals surface area contributed by atoms with E-state index in [1.807, 2.05) is 31.2 Å². The van der Waals surface area contributed by atoms with Gasteiger partial charge in [-0.25, -0.2) is 0 Å². The molecule has 23 heavy (non-hydrogen) atoms. The molecule has 0 aliphatic rings. The van der Waals surface area contributed by atoms with Gasteiger partial charge in [0.2, 0.25) is 0 Å². The Hall–Kier alpha value is -2.76. The molecule has 0 aliphatic carbocycles. The predicted molar refractivity (Wildman–Crippen MR) is 86.3 cm³/mol. The van der Waals surface area contributed by atoms with E-state index in [9.17, 15) is 10.1 Å². The number of nitro benzene ring substituents is 1. The van der Waals surface area contributed by atoms with Crippen molar-refractivity contribution in [2.75, 3.05) is 19.8 Å². The molecule has 0 heterocycles. The van der Waals surface area contributed by atoms with E-state index in [0.29, 0.717) is 32.0 Å². The predicted octanol–water partition coefficient (Wildman–Crippen LogP) is 3.84. The lowest BCUT2D eigenvalue weighted by atomic mass is 10.3. The molecule has 122 valence electrons. The fourth-order valence-electron chi connectivity index (χ4n) is 1.90. The molecule has 0 bridgehead atoms. The van der Waals surface area contributed by atoms with Crippen molar-refractivity contribution in [3.05, 3.63) is 58.6 Å². The molecule has 0 atom stereocenters. The lowest BCUT2D eigenvalue weighted by Gasteiger charge is -2.09. The second-order valence-corrected chi connectivity index (χ2v) is 4.71. The van der Waals surface area contributed by atoms with Gasteiger partial charge in [0.05, 0.1) is 24.7 Å². The number of hydrogen-bond donors (Lipinski definition) is 0. The fraction of sp³-hybridized carbons (Fsp3) is 0.294. The zero-order valence-electron chi connectivity index (χ0n) is 12.9. The Kier molecular flexibility index (Phi) is 6.23. The highest BCUT2D eigenvalue weighted by atomic mass is 16.6. The topological polar surface area (TPSA) is 70.8 Å². The molecular formula is C17H19NO5. The van der Waals surface area contributed by atoms with Crippen molar-refractivity contribution in [2.45, 2.75) is 13.3 Å². The van der Waals surface area contributed by atoms with Gasteiger partial charge in [0.25, 0.3) is 5.69 Å². The van der Waals surface area contributed by atoms with Crippen LogP contribution >= 0.6 is 0 Å². The number of nitrogens with zero attached hydrogens (tertiary/aromatic N) is 1. The molecule has 0 saturated carbocycles. The lowest BCUT2D eigenvalue weighted by molar-refractivity contribution is -0.384. The van der Waals surface area contributed by atoms with Gasteiger partial charge in [-0.3, -0.25) is 10.1 Å². The third kappa shape index (κ3) is 5.50. The summed E-state index contributed by atoms with van der Waals surface area (Å²) in [5, 5.41) is 10.5. The SMILES string of the molecule is CCOc1ccc(OCCCOc2ccc([N+](=O)[O-])cc2)cc1. The summed E-state index contributed by atoms with van der Waals surface area (Å²) in [6.45, 7) is 3.59. The molecule has 2 rings (SSSR count). The van der Waals surface area contributed by atoms with E-state index in [-0.39, 0.29) is 5.69 Å². The van der Waals surface area contributed by atoms with E-state index in [1.165, 1.54) is 12.1 Å². The number of hydrogen-bond acceptors (Lipinski definition) is 5. The second kappa shape index (κ2) is 8.63. The van der Waals surface area contributed by atoms with Crippen LogP contribution in [0.2, 0.25) is 0 Å². The van der Waals surface area contributed by atoms with Gasteiger partial charge in [-0.15, -0.1) is 0 Å². The monoisotopic (exact) mass is 317 g/mol. The number of ether oxygens (including phenoxy) is 3. The van der Waals surface area contributed by atoms with Crippen molar-refractivity contribution in [3.63, 3.8) is 0 Å². The van der Waals surface area contributed by atoms with Crippen LogP contribution in [0.3, 0.4) is 0 Å². The quantitative estimate of drug-likeness (QED) is 0.399. The van der Waals surface area contributed by atoms with Crippen LogP contribution in [-0.4, -0.2) is 24.7 Å². The van der Waals surface area contributed by atoms with E-state index in [0.717, 1.165) is 11.5 Å². The molecule has 0 N–H and O–H groups in total.